The molecule has 1 heterocycles. The summed E-state index contributed by atoms with van der Waals surface area (Å²) in [4.78, 5) is 29.5. The molecule has 0 aliphatic rings. The van der Waals surface area contributed by atoms with Crippen molar-refractivity contribution in [2.45, 2.75) is 12.1 Å². The van der Waals surface area contributed by atoms with Gasteiger partial charge in [-0.25, -0.2) is 4.98 Å². The molecule has 3 aromatic rings. The summed E-state index contributed by atoms with van der Waals surface area (Å²) in [5.74, 6) is 0.794. The molecule has 1 N–H and O–H groups in total. The van der Waals surface area contributed by atoms with E-state index < -0.39 is 0 Å². The molecule has 2 aromatic carbocycles. The highest BCUT2D eigenvalue weighted by atomic mass is 32.2. The second kappa shape index (κ2) is 8.05. The van der Waals surface area contributed by atoms with E-state index in [2.05, 4.69) is 10.3 Å². The van der Waals surface area contributed by atoms with Crippen LogP contribution in [-0.4, -0.2) is 34.9 Å². The maximum absolute atomic E-state index is 13.1. The molecule has 0 radical (unpaired) electrons. The van der Waals surface area contributed by atoms with E-state index in [0.717, 1.165) is 0 Å². The molecule has 1 amide bonds. The summed E-state index contributed by atoms with van der Waals surface area (Å²) < 4.78 is 6.71. The minimum atomic E-state index is -0.167. The number of nitrogens with zero attached hydrogens (tertiary/aromatic N) is 2. The molecule has 7 heteroatoms. The average molecular weight is 369 g/mol. The number of aromatic nitrogens is 2. The van der Waals surface area contributed by atoms with Crippen molar-refractivity contribution in [3.8, 4) is 11.4 Å². The van der Waals surface area contributed by atoms with E-state index in [-0.39, 0.29) is 17.2 Å². The van der Waals surface area contributed by atoms with E-state index in [9.17, 15) is 9.59 Å². The standard InChI is InChI=1S/C19H19N3O3S/c1-3-20-17(23)12-26-19-21-16-7-5-4-6-15(16)18(24)22(19)13-8-10-14(25-2)11-9-13/h4-11H,3,12H2,1-2H3,(H,20,23). The van der Waals surface area contributed by atoms with Gasteiger partial charge in [-0.05, 0) is 43.3 Å². The van der Waals surface area contributed by atoms with E-state index in [4.69, 9.17) is 4.74 Å². The smallest absolute Gasteiger partial charge is 0.266 e. The fourth-order valence-corrected chi connectivity index (χ4v) is 3.39. The van der Waals surface area contributed by atoms with Gasteiger partial charge in [0, 0.05) is 6.54 Å². The first kappa shape index (κ1) is 18.0. The number of carbonyl (C=O) groups is 1. The summed E-state index contributed by atoms with van der Waals surface area (Å²) in [5, 5.41) is 3.76. The molecule has 6 nitrogen and oxygen atoms in total. The summed E-state index contributed by atoms with van der Waals surface area (Å²) >= 11 is 1.24. The Bertz CT molecular complexity index is 983. The normalized spacial score (nSPS) is 10.7. The highest BCUT2D eigenvalue weighted by Crippen LogP contribution is 2.22. The second-order valence-corrected chi connectivity index (χ2v) is 6.43. The Morgan fingerprint density at radius 1 is 1.19 bits per heavy atom. The van der Waals surface area contributed by atoms with Crippen LogP contribution in [0.25, 0.3) is 16.6 Å². The molecule has 1 aromatic heterocycles. The SMILES string of the molecule is CCNC(=O)CSc1nc2ccccc2c(=O)n1-c1ccc(OC)cc1. The van der Waals surface area contributed by atoms with Gasteiger partial charge in [0.15, 0.2) is 5.16 Å². The van der Waals surface area contributed by atoms with Gasteiger partial charge in [-0.3, -0.25) is 14.2 Å². The van der Waals surface area contributed by atoms with Crippen LogP contribution in [0.5, 0.6) is 5.75 Å². The van der Waals surface area contributed by atoms with Crippen molar-refractivity contribution >= 4 is 28.6 Å². The van der Waals surface area contributed by atoms with E-state index >= 15 is 0 Å². The van der Waals surface area contributed by atoms with Crippen molar-refractivity contribution in [1.29, 1.82) is 0 Å². The van der Waals surface area contributed by atoms with E-state index in [1.54, 1.807) is 43.5 Å². The van der Waals surface area contributed by atoms with Crippen molar-refractivity contribution < 1.29 is 9.53 Å². The number of hydrogen-bond donors (Lipinski definition) is 1. The lowest BCUT2D eigenvalue weighted by molar-refractivity contribution is -0.118. The Labute approximate surface area is 155 Å². The van der Waals surface area contributed by atoms with Gasteiger partial charge >= 0.3 is 0 Å². The molecule has 0 aliphatic heterocycles. The number of amides is 1. The third kappa shape index (κ3) is 3.72. The summed E-state index contributed by atoms with van der Waals surface area (Å²) in [6.45, 7) is 2.43. The van der Waals surface area contributed by atoms with Gasteiger partial charge < -0.3 is 10.1 Å². The fraction of sp³-hybridized carbons (Fsp3) is 0.211. The number of nitrogens with one attached hydrogen (secondary N) is 1. The zero-order valence-electron chi connectivity index (χ0n) is 14.6. The Kier molecular flexibility index (Phi) is 5.58. The molecule has 0 aliphatic carbocycles. The Morgan fingerprint density at radius 2 is 1.92 bits per heavy atom. The van der Waals surface area contributed by atoms with Gasteiger partial charge in [-0.15, -0.1) is 0 Å². The minimum Gasteiger partial charge on any atom is -0.497 e. The second-order valence-electron chi connectivity index (χ2n) is 5.49. The molecule has 0 atom stereocenters. The van der Waals surface area contributed by atoms with Gasteiger partial charge in [-0.2, -0.15) is 0 Å². The molecule has 0 fully saturated rings. The lowest BCUT2D eigenvalue weighted by Crippen LogP contribution is -2.26. The number of benzene rings is 2. The Balaban J connectivity index is 2.10. The maximum Gasteiger partial charge on any atom is 0.266 e. The lowest BCUT2D eigenvalue weighted by atomic mass is 10.2. The van der Waals surface area contributed by atoms with Crippen LogP contribution < -0.4 is 15.6 Å². The van der Waals surface area contributed by atoms with Gasteiger partial charge in [0.25, 0.3) is 5.56 Å². The zero-order chi connectivity index (χ0) is 18.5. The first-order valence-corrected chi connectivity index (χ1v) is 9.18. The van der Waals surface area contributed by atoms with Crippen LogP contribution in [0.2, 0.25) is 0 Å². The first-order valence-electron chi connectivity index (χ1n) is 8.19. The molecular formula is C19H19N3O3S. The lowest BCUT2D eigenvalue weighted by Gasteiger charge is -2.13. The molecule has 0 spiro atoms. The van der Waals surface area contributed by atoms with E-state index in [0.29, 0.717) is 34.0 Å². The van der Waals surface area contributed by atoms with Gasteiger partial charge in [0.05, 0.1) is 29.5 Å². The number of methoxy groups -OCH3 is 1. The summed E-state index contributed by atoms with van der Waals surface area (Å²) in [5.41, 5.74) is 1.12. The van der Waals surface area contributed by atoms with Crippen LogP contribution in [0.1, 0.15) is 6.92 Å². The fourth-order valence-electron chi connectivity index (χ4n) is 2.55. The number of fused-ring (bicyclic) bond motifs is 1. The number of hydrogen-bond acceptors (Lipinski definition) is 5. The Hall–Kier alpha value is -2.80. The van der Waals surface area contributed by atoms with Crippen molar-refractivity contribution in [1.82, 2.24) is 14.9 Å². The molecule has 0 saturated heterocycles. The maximum atomic E-state index is 13.1. The number of thioether (sulfide) groups is 1. The monoisotopic (exact) mass is 369 g/mol. The van der Waals surface area contributed by atoms with Crippen LogP contribution in [-0.2, 0) is 4.79 Å². The molecule has 0 unspecified atom stereocenters. The molecule has 3 rings (SSSR count). The van der Waals surface area contributed by atoms with E-state index in [1.807, 2.05) is 19.1 Å². The molecule has 0 saturated carbocycles. The number of ether oxygens (including phenoxy) is 1. The van der Waals surface area contributed by atoms with Crippen molar-refractivity contribution in [2.75, 3.05) is 19.4 Å². The number of rotatable bonds is 6. The van der Waals surface area contributed by atoms with Crippen molar-refractivity contribution in [2.24, 2.45) is 0 Å². The largest absolute Gasteiger partial charge is 0.497 e. The van der Waals surface area contributed by atoms with Crippen LogP contribution in [0, 0.1) is 0 Å². The topological polar surface area (TPSA) is 73.2 Å². The predicted molar refractivity (Wildman–Crippen MR) is 103 cm³/mol. The molecular weight excluding hydrogens is 350 g/mol. The average Bonchev–Trinajstić information content (AvgIpc) is 2.67. The van der Waals surface area contributed by atoms with Crippen molar-refractivity contribution in [3.05, 3.63) is 58.9 Å². The van der Waals surface area contributed by atoms with E-state index in [1.165, 1.54) is 16.3 Å². The zero-order valence-corrected chi connectivity index (χ0v) is 15.4. The molecule has 26 heavy (non-hydrogen) atoms. The molecule has 134 valence electrons. The summed E-state index contributed by atoms with van der Waals surface area (Å²) in [7, 11) is 1.59. The van der Waals surface area contributed by atoms with Gasteiger partial charge in [0.1, 0.15) is 5.75 Å². The van der Waals surface area contributed by atoms with Crippen LogP contribution >= 0.6 is 11.8 Å². The highest BCUT2D eigenvalue weighted by Gasteiger charge is 2.14. The number of carbonyl (C=O) groups excluding carboxylic acids is 1. The first-order chi connectivity index (χ1) is 12.6. The van der Waals surface area contributed by atoms with Crippen molar-refractivity contribution in [3.63, 3.8) is 0 Å². The quantitative estimate of drug-likeness (QED) is 0.534. The number of para-hydroxylation sites is 1. The van der Waals surface area contributed by atoms with Crippen LogP contribution in [0.3, 0.4) is 0 Å². The Morgan fingerprint density at radius 3 is 2.62 bits per heavy atom. The molecule has 0 bridgehead atoms. The summed E-state index contributed by atoms with van der Waals surface area (Å²) in [6.07, 6.45) is 0. The van der Waals surface area contributed by atoms with Gasteiger partial charge in [-0.1, -0.05) is 23.9 Å². The highest BCUT2D eigenvalue weighted by molar-refractivity contribution is 7.99. The predicted octanol–water partition coefficient (Wildman–Crippen LogP) is 2.62. The minimum absolute atomic E-state index is 0.0961. The van der Waals surface area contributed by atoms with Crippen LogP contribution in [0.15, 0.2) is 58.5 Å². The summed E-state index contributed by atoms with van der Waals surface area (Å²) in [6, 6.07) is 14.4. The third-order valence-corrected chi connectivity index (χ3v) is 4.72. The third-order valence-electron chi connectivity index (χ3n) is 3.78. The van der Waals surface area contributed by atoms with Crippen LogP contribution in [0.4, 0.5) is 0 Å². The van der Waals surface area contributed by atoms with Gasteiger partial charge in [0.2, 0.25) is 5.91 Å².